The summed E-state index contributed by atoms with van der Waals surface area (Å²) in [5, 5.41) is 20.5. The maximum atomic E-state index is 12.9. The van der Waals surface area contributed by atoms with Gasteiger partial charge in [0.2, 0.25) is 0 Å². The Morgan fingerprint density at radius 3 is 2.78 bits per heavy atom. The molecule has 3 aromatic rings. The van der Waals surface area contributed by atoms with E-state index in [1.54, 1.807) is 13.2 Å². The highest BCUT2D eigenvalue weighted by molar-refractivity contribution is 5.45. The van der Waals surface area contributed by atoms with E-state index in [4.69, 9.17) is 0 Å². The Morgan fingerprint density at radius 2 is 2.13 bits per heavy atom. The second kappa shape index (κ2) is 5.50. The highest BCUT2D eigenvalue weighted by atomic mass is 19.4. The summed E-state index contributed by atoms with van der Waals surface area (Å²) in [6, 6.07) is 0.817. The Kier molecular flexibility index (Phi) is 3.64. The van der Waals surface area contributed by atoms with E-state index >= 15 is 0 Å². The van der Waals surface area contributed by atoms with E-state index in [1.165, 1.54) is 10.9 Å². The fraction of sp³-hybridized carbons (Fsp3) is 0.333. The van der Waals surface area contributed by atoms with Gasteiger partial charge in [-0.15, -0.1) is 0 Å². The number of aliphatic hydroxyl groups excluding tert-OH is 1. The predicted octanol–water partition coefficient (Wildman–Crippen LogP) is 1.02. The third-order valence-corrected chi connectivity index (χ3v) is 3.13. The summed E-state index contributed by atoms with van der Waals surface area (Å²) in [5.74, 6) is -0.152. The molecular formula is C12H12F3N7O. The van der Waals surface area contributed by atoms with Gasteiger partial charge in [0.05, 0.1) is 12.3 Å². The van der Waals surface area contributed by atoms with Crippen molar-refractivity contribution >= 4 is 11.6 Å². The number of nitrogens with zero attached hydrogens (tertiary/aromatic N) is 6. The monoisotopic (exact) mass is 327 g/mol. The van der Waals surface area contributed by atoms with E-state index in [2.05, 4.69) is 25.5 Å². The van der Waals surface area contributed by atoms with E-state index in [-0.39, 0.29) is 18.1 Å². The third-order valence-electron chi connectivity index (χ3n) is 3.13. The average Bonchev–Trinajstić information content (AvgIpc) is 3.11. The summed E-state index contributed by atoms with van der Waals surface area (Å²) in [5.41, 5.74) is -0.545. The number of nitrogens with one attached hydrogen (secondary N) is 1. The fourth-order valence-corrected chi connectivity index (χ4v) is 2.01. The standard InChI is InChI=1S/C12H12F3N7O/c1-21-5-7(3-18-21)8(23)4-16-10-2-9(12(13,14)15)20-11-17-6-19-22(10)11/h2-3,5-6,8,16,23H,4H2,1H3. The van der Waals surface area contributed by atoms with Gasteiger partial charge in [0.15, 0.2) is 5.69 Å². The normalized spacial score (nSPS) is 13.4. The van der Waals surface area contributed by atoms with Crippen LogP contribution in [0.2, 0.25) is 0 Å². The molecule has 3 rings (SSSR count). The van der Waals surface area contributed by atoms with E-state index < -0.39 is 18.0 Å². The lowest BCUT2D eigenvalue weighted by molar-refractivity contribution is -0.141. The zero-order valence-electron chi connectivity index (χ0n) is 11.9. The predicted molar refractivity (Wildman–Crippen MR) is 72.4 cm³/mol. The van der Waals surface area contributed by atoms with Crippen LogP contribution < -0.4 is 5.32 Å². The first-order valence-corrected chi connectivity index (χ1v) is 6.53. The summed E-state index contributed by atoms with van der Waals surface area (Å²) in [7, 11) is 1.70. The molecule has 8 nitrogen and oxygen atoms in total. The van der Waals surface area contributed by atoms with Crippen molar-refractivity contribution < 1.29 is 18.3 Å². The van der Waals surface area contributed by atoms with Gasteiger partial charge < -0.3 is 10.4 Å². The summed E-state index contributed by atoms with van der Waals surface area (Å²) in [4.78, 5) is 7.07. The van der Waals surface area contributed by atoms with Crippen molar-refractivity contribution in [2.24, 2.45) is 7.05 Å². The first-order valence-electron chi connectivity index (χ1n) is 6.53. The second-order valence-electron chi connectivity index (χ2n) is 4.84. The van der Waals surface area contributed by atoms with Crippen LogP contribution >= 0.6 is 0 Å². The molecule has 3 aromatic heterocycles. The molecule has 11 heteroatoms. The van der Waals surface area contributed by atoms with Crippen LogP contribution in [0.15, 0.2) is 24.8 Å². The van der Waals surface area contributed by atoms with Crippen LogP contribution in [0.1, 0.15) is 17.4 Å². The molecule has 0 saturated carbocycles. The second-order valence-corrected chi connectivity index (χ2v) is 4.84. The van der Waals surface area contributed by atoms with Gasteiger partial charge in [-0.25, -0.2) is 4.98 Å². The molecular weight excluding hydrogens is 315 g/mol. The van der Waals surface area contributed by atoms with Gasteiger partial charge in [0, 0.05) is 31.4 Å². The number of alkyl halides is 3. The van der Waals surface area contributed by atoms with E-state index in [1.807, 2.05) is 0 Å². The molecule has 0 aliphatic rings. The van der Waals surface area contributed by atoms with Crippen molar-refractivity contribution in [3.8, 4) is 0 Å². The molecule has 0 radical (unpaired) electrons. The summed E-state index contributed by atoms with van der Waals surface area (Å²) in [6.45, 7) is -0.0258. The van der Waals surface area contributed by atoms with Crippen molar-refractivity contribution in [3.05, 3.63) is 36.0 Å². The Hall–Kier alpha value is -2.69. The number of rotatable bonds is 4. The Labute approximate surface area is 127 Å². The maximum absolute atomic E-state index is 12.9. The Balaban J connectivity index is 1.85. The molecule has 1 atom stereocenters. The van der Waals surface area contributed by atoms with E-state index in [0.29, 0.717) is 5.56 Å². The minimum absolute atomic E-state index is 0.0258. The lowest BCUT2D eigenvalue weighted by Gasteiger charge is -2.13. The number of hydrogen-bond acceptors (Lipinski definition) is 6. The van der Waals surface area contributed by atoms with E-state index in [9.17, 15) is 18.3 Å². The molecule has 0 amide bonds. The first-order chi connectivity index (χ1) is 10.8. The number of hydrogen-bond donors (Lipinski definition) is 2. The number of aliphatic hydroxyl groups is 1. The topological polar surface area (TPSA) is 93.2 Å². The van der Waals surface area contributed by atoms with Crippen LogP contribution in [0.3, 0.4) is 0 Å². The molecule has 0 spiro atoms. The molecule has 0 bridgehead atoms. The molecule has 0 fully saturated rings. The quantitative estimate of drug-likeness (QED) is 0.743. The Bertz CT molecular complexity index is 826. The van der Waals surface area contributed by atoms with Gasteiger partial charge in [-0.1, -0.05) is 0 Å². The summed E-state index contributed by atoms with van der Waals surface area (Å²) >= 11 is 0. The highest BCUT2D eigenvalue weighted by Crippen LogP contribution is 2.29. The van der Waals surface area contributed by atoms with Gasteiger partial charge in [0.1, 0.15) is 12.1 Å². The highest BCUT2D eigenvalue weighted by Gasteiger charge is 2.34. The van der Waals surface area contributed by atoms with Crippen molar-refractivity contribution in [3.63, 3.8) is 0 Å². The first kappa shape index (κ1) is 15.2. The Morgan fingerprint density at radius 1 is 1.35 bits per heavy atom. The lowest BCUT2D eigenvalue weighted by atomic mass is 10.2. The van der Waals surface area contributed by atoms with Crippen LogP contribution in [-0.4, -0.2) is 41.0 Å². The van der Waals surface area contributed by atoms with Crippen LogP contribution in [0.4, 0.5) is 19.0 Å². The number of fused-ring (bicyclic) bond motifs is 1. The van der Waals surface area contributed by atoms with Crippen LogP contribution in [0.5, 0.6) is 0 Å². The van der Waals surface area contributed by atoms with Gasteiger partial charge in [-0.05, 0) is 0 Å². The van der Waals surface area contributed by atoms with Gasteiger partial charge in [-0.3, -0.25) is 4.68 Å². The van der Waals surface area contributed by atoms with Crippen LogP contribution in [0.25, 0.3) is 5.78 Å². The fourth-order valence-electron chi connectivity index (χ4n) is 2.01. The van der Waals surface area contributed by atoms with Gasteiger partial charge >= 0.3 is 6.18 Å². The molecule has 0 saturated heterocycles. The molecule has 1 unspecified atom stereocenters. The van der Waals surface area contributed by atoms with Gasteiger partial charge in [0.25, 0.3) is 5.78 Å². The molecule has 3 heterocycles. The molecule has 23 heavy (non-hydrogen) atoms. The minimum Gasteiger partial charge on any atom is -0.386 e. The van der Waals surface area contributed by atoms with E-state index in [0.717, 1.165) is 16.9 Å². The molecule has 0 aromatic carbocycles. The number of halogens is 3. The number of aromatic nitrogens is 6. The van der Waals surface area contributed by atoms with Crippen LogP contribution in [-0.2, 0) is 13.2 Å². The van der Waals surface area contributed by atoms with Crippen molar-refractivity contribution in [2.75, 3.05) is 11.9 Å². The minimum atomic E-state index is -4.61. The van der Waals surface area contributed by atoms with Crippen molar-refractivity contribution in [1.82, 2.24) is 29.4 Å². The maximum Gasteiger partial charge on any atom is 0.433 e. The smallest absolute Gasteiger partial charge is 0.386 e. The molecule has 2 N–H and O–H groups in total. The summed E-state index contributed by atoms with van der Waals surface area (Å²) < 4.78 is 41.2. The van der Waals surface area contributed by atoms with Crippen LogP contribution in [0, 0.1) is 0 Å². The van der Waals surface area contributed by atoms with Crippen molar-refractivity contribution in [1.29, 1.82) is 0 Å². The lowest BCUT2D eigenvalue weighted by Crippen LogP contribution is -2.17. The largest absolute Gasteiger partial charge is 0.433 e. The molecule has 0 aliphatic heterocycles. The zero-order valence-corrected chi connectivity index (χ0v) is 11.9. The zero-order chi connectivity index (χ0) is 16.6. The SMILES string of the molecule is Cn1cc(C(O)CNc2cc(C(F)(F)F)nc3ncnn23)cn1. The number of aryl methyl sites for hydroxylation is 1. The van der Waals surface area contributed by atoms with Gasteiger partial charge in [-0.2, -0.15) is 32.9 Å². The summed E-state index contributed by atoms with van der Waals surface area (Å²) in [6.07, 6.45) is -1.35. The average molecular weight is 327 g/mol. The third kappa shape index (κ3) is 3.08. The molecule has 0 aliphatic carbocycles. The molecule has 122 valence electrons. The van der Waals surface area contributed by atoms with Crippen molar-refractivity contribution in [2.45, 2.75) is 12.3 Å². The number of anilines is 1.